The quantitative estimate of drug-likeness (QED) is 0.722. The summed E-state index contributed by atoms with van der Waals surface area (Å²) in [6, 6.07) is 7.85. The van der Waals surface area contributed by atoms with Gasteiger partial charge in [0.25, 0.3) is 0 Å². The summed E-state index contributed by atoms with van der Waals surface area (Å²) < 4.78 is 11.6. The van der Waals surface area contributed by atoms with Crippen molar-refractivity contribution in [2.75, 3.05) is 19.5 Å². The van der Waals surface area contributed by atoms with Crippen LogP contribution in [0.5, 0.6) is 11.5 Å². The summed E-state index contributed by atoms with van der Waals surface area (Å²) in [4.78, 5) is 17.1. The molecule has 0 fully saturated rings. The molecule has 0 radical (unpaired) electrons. The number of carbonyl (C=O) groups is 1. The molecular weight excluding hydrogens is 348 g/mol. The fraction of sp³-hybridized carbons (Fsp3) is 0.300. The van der Waals surface area contributed by atoms with Gasteiger partial charge in [-0.1, -0.05) is 29.0 Å². The van der Waals surface area contributed by atoms with E-state index in [9.17, 15) is 4.79 Å². The zero-order valence-electron chi connectivity index (χ0n) is 15.6. The van der Waals surface area contributed by atoms with Crippen molar-refractivity contribution in [3.05, 3.63) is 46.5 Å². The molecule has 3 rings (SSSR count). The third kappa shape index (κ3) is 3.51. The van der Waals surface area contributed by atoms with E-state index in [0.717, 1.165) is 21.4 Å². The average Bonchev–Trinajstić information content (AvgIpc) is 3.00. The Kier molecular flexibility index (Phi) is 5.13. The van der Waals surface area contributed by atoms with Crippen molar-refractivity contribution in [2.45, 2.75) is 27.2 Å². The Labute approximate surface area is 157 Å². The summed E-state index contributed by atoms with van der Waals surface area (Å²) in [6.07, 6.45) is 0.322. The second-order valence-electron chi connectivity index (χ2n) is 6.27. The van der Waals surface area contributed by atoms with Crippen molar-refractivity contribution in [1.82, 2.24) is 4.98 Å². The number of aromatic nitrogens is 1. The lowest BCUT2D eigenvalue weighted by Crippen LogP contribution is -2.15. The number of benzene rings is 2. The number of aryl methyl sites for hydroxylation is 3. The van der Waals surface area contributed by atoms with E-state index in [2.05, 4.69) is 29.4 Å². The number of ether oxygens (including phenoxy) is 2. The standard InChI is InChI=1S/C20H22N2O3S/c1-11-8-12(2)14(13(3)9-11)10-17(23)21-20-22-18-15(24-4)6-7-16(25-5)19(18)26-20/h6-9H,10H2,1-5H3,(H,21,22,23). The predicted octanol–water partition coefficient (Wildman–Crippen LogP) is 4.42. The molecule has 1 N–H and O–H groups in total. The Bertz CT molecular complexity index is 915. The zero-order valence-corrected chi connectivity index (χ0v) is 16.4. The summed E-state index contributed by atoms with van der Waals surface area (Å²) in [6.45, 7) is 6.14. The highest BCUT2D eigenvalue weighted by atomic mass is 32.1. The third-order valence-corrected chi connectivity index (χ3v) is 5.32. The highest BCUT2D eigenvalue weighted by molar-refractivity contribution is 7.22. The van der Waals surface area contributed by atoms with Gasteiger partial charge in [0, 0.05) is 0 Å². The van der Waals surface area contributed by atoms with Gasteiger partial charge in [-0.05, 0) is 49.6 Å². The normalized spacial score (nSPS) is 10.8. The number of rotatable bonds is 5. The highest BCUT2D eigenvalue weighted by Gasteiger charge is 2.16. The van der Waals surface area contributed by atoms with Gasteiger partial charge < -0.3 is 14.8 Å². The van der Waals surface area contributed by atoms with Gasteiger partial charge in [-0.3, -0.25) is 4.79 Å². The molecule has 3 aromatic rings. The van der Waals surface area contributed by atoms with E-state index in [-0.39, 0.29) is 5.91 Å². The van der Waals surface area contributed by atoms with Crippen LogP contribution in [0.25, 0.3) is 10.2 Å². The minimum absolute atomic E-state index is 0.0861. The van der Waals surface area contributed by atoms with E-state index >= 15 is 0 Å². The zero-order chi connectivity index (χ0) is 18.8. The predicted molar refractivity (Wildman–Crippen MR) is 106 cm³/mol. The molecule has 26 heavy (non-hydrogen) atoms. The fourth-order valence-corrected chi connectivity index (χ4v) is 4.14. The Balaban J connectivity index is 1.86. The van der Waals surface area contributed by atoms with Crippen LogP contribution in [-0.2, 0) is 11.2 Å². The number of amides is 1. The summed E-state index contributed by atoms with van der Waals surface area (Å²) in [5, 5.41) is 3.45. The smallest absolute Gasteiger partial charge is 0.230 e. The summed E-state index contributed by atoms with van der Waals surface area (Å²) in [5.41, 5.74) is 5.21. The van der Waals surface area contributed by atoms with Crippen LogP contribution in [-0.4, -0.2) is 25.1 Å². The number of anilines is 1. The van der Waals surface area contributed by atoms with Crippen LogP contribution in [0, 0.1) is 20.8 Å². The fourth-order valence-electron chi connectivity index (χ4n) is 3.15. The van der Waals surface area contributed by atoms with Crippen molar-refractivity contribution in [2.24, 2.45) is 0 Å². The van der Waals surface area contributed by atoms with Gasteiger partial charge in [-0.15, -0.1) is 0 Å². The van der Waals surface area contributed by atoms with Gasteiger partial charge in [-0.2, -0.15) is 0 Å². The Hall–Kier alpha value is -2.60. The Morgan fingerprint density at radius 2 is 1.69 bits per heavy atom. The maximum absolute atomic E-state index is 12.6. The minimum Gasteiger partial charge on any atom is -0.495 e. The summed E-state index contributed by atoms with van der Waals surface area (Å²) in [5.74, 6) is 1.28. The lowest BCUT2D eigenvalue weighted by molar-refractivity contribution is -0.115. The second-order valence-corrected chi connectivity index (χ2v) is 7.27. The molecule has 0 spiro atoms. The number of nitrogens with one attached hydrogen (secondary N) is 1. The number of carbonyl (C=O) groups excluding carboxylic acids is 1. The molecule has 5 nitrogen and oxygen atoms in total. The van der Waals surface area contributed by atoms with Gasteiger partial charge >= 0.3 is 0 Å². The number of hydrogen-bond donors (Lipinski definition) is 1. The first-order chi connectivity index (χ1) is 12.4. The number of fused-ring (bicyclic) bond motifs is 1. The van der Waals surface area contributed by atoms with Gasteiger partial charge in [-0.25, -0.2) is 4.98 Å². The SMILES string of the molecule is COc1ccc(OC)c2sc(NC(=O)Cc3c(C)cc(C)cc3C)nc12. The van der Waals surface area contributed by atoms with E-state index in [4.69, 9.17) is 9.47 Å². The van der Waals surface area contributed by atoms with E-state index < -0.39 is 0 Å². The lowest BCUT2D eigenvalue weighted by Gasteiger charge is -2.10. The molecule has 0 saturated heterocycles. The molecule has 0 aliphatic heterocycles. The van der Waals surface area contributed by atoms with E-state index in [1.807, 2.05) is 26.0 Å². The Morgan fingerprint density at radius 1 is 1.08 bits per heavy atom. The van der Waals surface area contributed by atoms with Crippen molar-refractivity contribution < 1.29 is 14.3 Å². The molecule has 1 aromatic heterocycles. The molecule has 0 saturated carbocycles. The van der Waals surface area contributed by atoms with E-state index in [0.29, 0.717) is 28.6 Å². The average molecular weight is 370 g/mol. The largest absolute Gasteiger partial charge is 0.495 e. The maximum Gasteiger partial charge on any atom is 0.230 e. The van der Waals surface area contributed by atoms with E-state index in [1.165, 1.54) is 16.9 Å². The van der Waals surface area contributed by atoms with Crippen LogP contribution in [0.3, 0.4) is 0 Å². The molecule has 0 unspecified atom stereocenters. The topological polar surface area (TPSA) is 60.5 Å². The first-order valence-corrected chi connectivity index (χ1v) is 9.12. The van der Waals surface area contributed by atoms with Gasteiger partial charge in [0.2, 0.25) is 5.91 Å². The van der Waals surface area contributed by atoms with E-state index in [1.54, 1.807) is 14.2 Å². The maximum atomic E-state index is 12.6. The molecule has 0 atom stereocenters. The van der Waals surface area contributed by atoms with Crippen LogP contribution in [0.1, 0.15) is 22.3 Å². The van der Waals surface area contributed by atoms with Crippen LogP contribution in [0.15, 0.2) is 24.3 Å². The van der Waals surface area contributed by atoms with Crippen molar-refractivity contribution in [3.8, 4) is 11.5 Å². The second kappa shape index (κ2) is 7.33. The minimum atomic E-state index is -0.0861. The molecule has 1 amide bonds. The van der Waals surface area contributed by atoms with Crippen molar-refractivity contribution in [1.29, 1.82) is 0 Å². The summed E-state index contributed by atoms with van der Waals surface area (Å²) in [7, 11) is 3.21. The van der Waals surface area contributed by atoms with Crippen molar-refractivity contribution in [3.63, 3.8) is 0 Å². The molecule has 136 valence electrons. The molecule has 0 aliphatic carbocycles. The van der Waals surface area contributed by atoms with Crippen LogP contribution in [0.2, 0.25) is 0 Å². The molecule has 0 bridgehead atoms. The molecular formula is C20H22N2O3S. The van der Waals surface area contributed by atoms with Crippen molar-refractivity contribution >= 4 is 32.6 Å². The first kappa shape index (κ1) is 18.2. The van der Waals surface area contributed by atoms with Crippen LogP contribution < -0.4 is 14.8 Å². The molecule has 2 aromatic carbocycles. The monoisotopic (exact) mass is 370 g/mol. The number of thiazole rings is 1. The van der Waals surface area contributed by atoms with Crippen LogP contribution in [0.4, 0.5) is 5.13 Å². The molecule has 1 heterocycles. The molecule has 6 heteroatoms. The van der Waals surface area contributed by atoms with Gasteiger partial charge in [0.15, 0.2) is 5.13 Å². The van der Waals surface area contributed by atoms with Gasteiger partial charge in [0.05, 0.1) is 20.6 Å². The van der Waals surface area contributed by atoms with Crippen LogP contribution >= 0.6 is 11.3 Å². The number of nitrogens with zero attached hydrogens (tertiary/aromatic N) is 1. The lowest BCUT2D eigenvalue weighted by atomic mass is 9.97. The molecule has 0 aliphatic rings. The first-order valence-electron chi connectivity index (χ1n) is 8.31. The number of methoxy groups -OCH3 is 2. The van der Waals surface area contributed by atoms with Gasteiger partial charge in [0.1, 0.15) is 21.7 Å². The number of hydrogen-bond acceptors (Lipinski definition) is 5. The summed E-state index contributed by atoms with van der Waals surface area (Å²) >= 11 is 1.38. The highest BCUT2D eigenvalue weighted by Crippen LogP contribution is 2.38. The Morgan fingerprint density at radius 3 is 2.31 bits per heavy atom. The third-order valence-electron chi connectivity index (χ3n) is 4.33.